The van der Waals surface area contributed by atoms with Crippen molar-refractivity contribution in [1.29, 1.82) is 0 Å². The fourth-order valence-corrected chi connectivity index (χ4v) is 3.11. The number of hydrogen-bond acceptors (Lipinski definition) is 4. The van der Waals surface area contributed by atoms with E-state index in [9.17, 15) is 13.2 Å². The molecule has 0 bridgehead atoms. The first kappa shape index (κ1) is 15.0. The Morgan fingerprint density at radius 2 is 1.73 bits per heavy atom. The molecule has 0 saturated heterocycles. The van der Waals surface area contributed by atoms with Gasteiger partial charge in [0.05, 0.1) is 20.9 Å². The molecule has 3 aromatic rings. The average Bonchev–Trinajstić information content (AvgIpc) is 2.84. The summed E-state index contributed by atoms with van der Waals surface area (Å²) in [4.78, 5) is 11.4. The maximum Gasteiger partial charge on any atom is 0.339 e. The van der Waals surface area contributed by atoms with Gasteiger partial charge in [0.2, 0.25) is 0 Å². The van der Waals surface area contributed by atoms with Crippen LogP contribution in [0.15, 0.2) is 46.1 Å². The summed E-state index contributed by atoms with van der Waals surface area (Å²) < 4.78 is 29.5. The molecule has 9 heteroatoms. The van der Waals surface area contributed by atoms with E-state index >= 15 is 0 Å². The van der Waals surface area contributed by atoms with Crippen LogP contribution >= 0.6 is 23.2 Å². The Bertz CT molecular complexity index is 1020. The van der Waals surface area contributed by atoms with Crippen molar-refractivity contribution in [3.8, 4) is 5.75 Å². The Hall–Kier alpha value is -1.96. The third-order valence-corrected chi connectivity index (χ3v) is 4.91. The number of fused-ring (bicyclic) bond motifs is 1. The van der Waals surface area contributed by atoms with E-state index < -0.39 is 15.7 Å². The first-order valence-corrected chi connectivity index (χ1v) is 8.13. The van der Waals surface area contributed by atoms with E-state index in [1.54, 1.807) is 0 Å². The van der Waals surface area contributed by atoms with Crippen LogP contribution in [0.5, 0.6) is 5.75 Å². The molecular weight excluding hydrogens is 351 g/mol. The molecule has 1 heterocycles. The highest BCUT2D eigenvalue weighted by Crippen LogP contribution is 2.28. The normalized spacial score (nSPS) is 11.7. The summed E-state index contributed by atoms with van der Waals surface area (Å²) in [6, 6.07) is 8.14. The lowest BCUT2D eigenvalue weighted by molar-refractivity contribution is 0.486. The zero-order chi connectivity index (χ0) is 15.9. The first-order valence-electron chi connectivity index (χ1n) is 5.97. The van der Waals surface area contributed by atoms with Crippen molar-refractivity contribution in [3.05, 3.63) is 56.8 Å². The number of aromatic amines is 2. The van der Waals surface area contributed by atoms with Gasteiger partial charge in [-0.25, -0.2) is 0 Å². The maximum absolute atomic E-state index is 12.3. The molecule has 0 aliphatic heterocycles. The van der Waals surface area contributed by atoms with Crippen LogP contribution in [0.4, 0.5) is 0 Å². The lowest BCUT2D eigenvalue weighted by atomic mass is 10.2. The van der Waals surface area contributed by atoms with Crippen LogP contribution in [-0.4, -0.2) is 18.6 Å². The molecule has 0 aliphatic carbocycles. The van der Waals surface area contributed by atoms with Crippen LogP contribution in [0.3, 0.4) is 0 Å². The summed E-state index contributed by atoms with van der Waals surface area (Å²) in [6.45, 7) is 0. The highest BCUT2D eigenvalue weighted by atomic mass is 35.5. The van der Waals surface area contributed by atoms with Gasteiger partial charge in [-0.15, -0.1) is 0 Å². The molecule has 0 fully saturated rings. The van der Waals surface area contributed by atoms with Crippen LogP contribution in [-0.2, 0) is 10.1 Å². The minimum absolute atomic E-state index is 0.0254. The number of halogens is 2. The minimum atomic E-state index is -4.10. The predicted molar refractivity (Wildman–Crippen MR) is 83.2 cm³/mol. The second kappa shape index (κ2) is 5.35. The smallest absolute Gasteiger partial charge is 0.339 e. The Morgan fingerprint density at radius 1 is 0.955 bits per heavy atom. The molecule has 0 unspecified atom stereocenters. The Kier molecular flexibility index (Phi) is 3.64. The highest BCUT2D eigenvalue weighted by Gasteiger charge is 2.18. The lowest BCUT2D eigenvalue weighted by Crippen LogP contribution is -2.10. The number of hydrogen-bond donors (Lipinski definition) is 2. The van der Waals surface area contributed by atoms with E-state index in [0.29, 0.717) is 5.52 Å². The third-order valence-electron chi connectivity index (χ3n) is 2.93. The standard InChI is InChI=1S/C13H8Cl2N2O4S/c14-10-3-1-7(5-11(10)15)21-22(19,20)8-2-4-12-9(6-8)13(18)17-16-12/h1-6H,(H2,16,17,18). The summed E-state index contributed by atoms with van der Waals surface area (Å²) in [5.74, 6) is 0.0254. The van der Waals surface area contributed by atoms with Gasteiger partial charge in [0.25, 0.3) is 5.56 Å². The van der Waals surface area contributed by atoms with Gasteiger partial charge in [-0.2, -0.15) is 8.42 Å². The first-order chi connectivity index (χ1) is 10.4. The fourth-order valence-electron chi connectivity index (χ4n) is 1.87. The molecule has 0 spiro atoms. The molecule has 0 radical (unpaired) electrons. The summed E-state index contributed by atoms with van der Waals surface area (Å²) in [6.07, 6.45) is 0. The van der Waals surface area contributed by atoms with Gasteiger partial charge in [0.15, 0.2) is 0 Å². The van der Waals surface area contributed by atoms with Gasteiger partial charge < -0.3 is 4.18 Å². The third kappa shape index (κ3) is 2.70. The van der Waals surface area contributed by atoms with E-state index in [2.05, 4.69) is 10.2 Å². The number of aromatic nitrogens is 2. The molecule has 0 aliphatic rings. The van der Waals surface area contributed by atoms with Crippen LogP contribution < -0.4 is 9.74 Å². The van der Waals surface area contributed by atoms with Crippen molar-refractivity contribution in [3.63, 3.8) is 0 Å². The van der Waals surface area contributed by atoms with E-state index in [0.717, 1.165) is 0 Å². The van der Waals surface area contributed by atoms with E-state index in [-0.39, 0.29) is 26.1 Å². The van der Waals surface area contributed by atoms with Crippen LogP contribution in [0.1, 0.15) is 0 Å². The zero-order valence-corrected chi connectivity index (χ0v) is 13.1. The van der Waals surface area contributed by atoms with Crippen molar-refractivity contribution < 1.29 is 12.6 Å². The quantitative estimate of drug-likeness (QED) is 0.704. The average molecular weight is 359 g/mol. The monoisotopic (exact) mass is 358 g/mol. The largest absolute Gasteiger partial charge is 0.379 e. The SMILES string of the molecule is O=c1[nH][nH]c2ccc(S(=O)(=O)Oc3ccc(Cl)c(Cl)c3)cc12. The fraction of sp³-hybridized carbons (Fsp3) is 0. The molecule has 2 aromatic carbocycles. The molecule has 0 atom stereocenters. The van der Waals surface area contributed by atoms with Crippen LogP contribution in [0.2, 0.25) is 10.0 Å². The molecule has 1 aromatic heterocycles. The zero-order valence-electron chi connectivity index (χ0n) is 10.8. The summed E-state index contributed by atoms with van der Waals surface area (Å²) >= 11 is 11.6. The van der Waals surface area contributed by atoms with Crippen LogP contribution in [0, 0.1) is 0 Å². The minimum Gasteiger partial charge on any atom is -0.379 e. The van der Waals surface area contributed by atoms with Crippen molar-refractivity contribution in [2.75, 3.05) is 0 Å². The van der Waals surface area contributed by atoms with Gasteiger partial charge in [0.1, 0.15) is 10.6 Å². The highest BCUT2D eigenvalue weighted by molar-refractivity contribution is 7.87. The molecule has 6 nitrogen and oxygen atoms in total. The molecule has 0 saturated carbocycles. The number of rotatable bonds is 3. The maximum atomic E-state index is 12.3. The Morgan fingerprint density at radius 3 is 2.45 bits per heavy atom. The van der Waals surface area contributed by atoms with E-state index in [1.165, 1.54) is 36.4 Å². The lowest BCUT2D eigenvalue weighted by Gasteiger charge is -2.07. The number of nitrogens with one attached hydrogen (secondary N) is 2. The Balaban J connectivity index is 2.01. The molecule has 114 valence electrons. The second-order valence-electron chi connectivity index (χ2n) is 4.40. The predicted octanol–water partition coefficient (Wildman–Crippen LogP) is 2.93. The van der Waals surface area contributed by atoms with Gasteiger partial charge in [-0.3, -0.25) is 15.0 Å². The van der Waals surface area contributed by atoms with Crippen molar-refractivity contribution in [2.24, 2.45) is 0 Å². The molecule has 2 N–H and O–H groups in total. The van der Waals surface area contributed by atoms with E-state index in [1.807, 2.05) is 0 Å². The molecule has 3 rings (SSSR count). The van der Waals surface area contributed by atoms with Gasteiger partial charge >= 0.3 is 10.1 Å². The van der Waals surface area contributed by atoms with Gasteiger partial charge in [0, 0.05) is 6.07 Å². The topological polar surface area (TPSA) is 92.0 Å². The number of benzene rings is 2. The summed E-state index contributed by atoms with van der Waals surface area (Å²) in [5.41, 5.74) is 0.0834. The Labute approximate surface area is 134 Å². The van der Waals surface area contributed by atoms with Crippen molar-refractivity contribution in [2.45, 2.75) is 4.90 Å². The second-order valence-corrected chi connectivity index (χ2v) is 6.76. The summed E-state index contributed by atoms with van der Waals surface area (Å²) in [7, 11) is -4.10. The molecular formula is C13H8Cl2N2O4S. The molecule has 0 amide bonds. The van der Waals surface area contributed by atoms with Crippen LogP contribution in [0.25, 0.3) is 10.9 Å². The molecule has 22 heavy (non-hydrogen) atoms. The van der Waals surface area contributed by atoms with Crippen molar-refractivity contribution >= 4 is 44.2 Å². The van der Waals surface area contributed by atoms with Gasteiger partial charge in [-0.1, -0.05) is 23.2 Å². The van der Waals surface area contributed by atoms with Gasteiger partial charge in [-0.05, 0) is 30.3 Å². The number of H-pyrrole nitrogens is 2. The van der Waals surface area contributed by atoms with Crippen molar-refractivity contribution in [1.82, 2.24) is 10.2 Å². The summed E-state index contributed by atoms with van der Waals surface area (Å²) in [5, 5.41) is 5.67. The van der Waals surface area contributed by atoms with E-state index in [4.69, 9.17) is 27.4 Å².